The number of rotatable bonds is 0. The molecule has 0 amide bonds. The van der Waals surface area contributed by atoms with Gasteiger partial charge in [-0.05, 0) is 17.3 Å². The minimum atomic E-state index is 0.384. The molecule has 2 rings (SSSR count). The van der Waals surface area contributed by atoms with E-state index < -0.39 is 0 Å². The number of hydrogen-bond acceptors (Lipinski definition) is 4. The molecule has 2 aliphatic rings. The highest BCUT2D eigenvalue weighted by molar-refractivity contribution is 5.71. The Bertz CT molecular complexity index is 317. The summed E-state index contributed by atoms with van der Waals surface area (Å²) >= 11 is 0. The van der Waals surface area contributed by atoms with Gasteiger partial charge in [0.15, 0.2) is 5.82 Å². The maximum absolute atomic E-state index is 5.46. The molecule has 10 heavy (non-hydrogen) atoms. The quantitative estimate of drug-likeness (QED) is 0.579. The van der Waals surface area contributed by atoms with Crippen LogP contribution in [0.3, 0.4) is 0 Å². The SMILES string of the molecule is Nc1nonc2cccc1-2. The van der Waals surface area contributed by atoms with E-state index in [0.29, 0.717) is 5.82 Å². The minimum Gasteiger partial charge on any atom is -0.380 e. The summed E-state index contributed by atoms with van der Waals surface area (Å²) in [7, 11) is 0. The highest BCUT2D eigenvalue weighted by atomic mass is 16.6. The fourth-order valence-electron chi connectivity index (χ4n) is 0.864. The fourth-order valence-corrected chi connectivity index (χ4v) is 0.864. The first-order valence-corrected chi connectivity index (χ1v) is 2.85. The van der Waals surface area contributed by atoms with Crippen molar-refractivity contribution in [2.75, 3.05) is 5.73 Å². The summed E-state index contributed by atoms with van der Waals surface area (Å²) in [5.74, 6) is 0.384. The average molecular weight is 135 g/mol. The fraction of sp³-hybridized carbons (Fsp3) is 0. The van der Waals surface area contributed by atoms with Crippen molar-refractivity contribution in [3.05, 3.63) is 18.2 Å². The lowest BCUT2D eigenvalue weighted by atomic mass is 10.3. The van der Waals surface area contributed by atoms with Crippen molar-refractivity contribution >= 4 is 5.82 Å². The van der Waals surface area contributed by atoms with Gasteiger partial charge < -0.3 is 5.73 Å². The maximum atomic E-state index is 5.46. The van der Waals surface area contributed by atoms with Crippen molar-refractivity contribution in [1.82, 2.24) is 10.3 Å². The Balaban J connectivity index is 2.80. The number of fused-ring (bicyclic) bond motifs is 1. The maximum Gasteiger partial charge on any atom is 0.175 e. The van der Waals surface area contributed by atoms with Crippen molar-refractivity contribution < 1.29 is 4.63 Å². The molecule has 4 heteroatoms. The van der Waals surface area contributed by atoms with Gasteiger partial charge in [-0.2, -0.15) is 0 Å². The van der Waals surface area contributed by atoms with Gasteiger partial charge in [0.25, 0.3) is 0 Å². The molecule has 0 saturated carbocycles. The average Bonchev–Trinajstić information content (AvgIpc) is 2.36. The summed E-state index contributed by atoms with van der Waals surface area (Å²) in [4.78, 5) is 0. The zero-order valence-corrected chi connectivity index (χ0v) is 5.11. The van der Waals surface area contributed by atoms with E-state index in [9.17, 15) is 0 Å². The molecule has 1 aliphatic carbocycles. The number of anilines is 1. The summed E-state index contributed by atoms with van der Waals surface area (Å²) in [6.07, 6.45) is 0. The van der Waals surface area contributed by atoms with Crippen molar-refractivity contribution in [3.8, 4) is 11.3 Å². The lowest BCUT2D eigenvalue weighted by Crippen LogP contribution is -1.94. The van der Waals surface area contributed by atoms with E-state index in [1.165, 1.54) is 0 Å². The zero-order valence-electron chi connectivity index (χ0n) is 5.11. The van der Waals surface area contributed by atoms with Crippen LogP contribution in [-0.2, 0) is 0 Å². The first-order chi connectivity index (χ1) is 4.88. The van der Waals surface area contributed by atoms with Crippen molar-refractivity contribution in [2.45, 2.75) is 0 Å². The van der Waals surface area contributed by atoms with Crippen LogP contribution in [0.25, 0.3) is 11.3 Å². The molecule has 0 unspecified atom stereocenters. The van der Waals surface area contributed by atoms with Crippen LogP contribution in [0.5, 0.6) is 0 Å². The highest BCUT2D eigenvalue weighted by Crippen LogP contribution is 2.23. The Labute approximate surface area is 56.9 Å². The predicted octanol–water partition coefficient (Wildman–Crippen LogP) is 0.757. The number of nitrogens with zero attached hydrogens (tertiary/aromatic N) is 2. The van der Waals surface area contributed by atoms with Crippen molar-refractivity contribution in [1.29, 1.82) is 0 Å². The van der Waals surface area contributed by atoms with Crippen LogP contribution in [0, 0.1) is 0 Å². The molecule has 2 N–H and O–H groups in total. The summed E-state index contributed by atoms with van der Waals surface area (Å²) < 4.78 is 4.45. The number of nitrogen functional groups attached to an aromatic ring is 1. The molecule has 0 radical (unpaired) electrons. The van der Waals surface area contributed by atoms with Gasteiger partial charge in [-0.15, -0.1) is 0 Å². The molecular weight excluding hydrogens is 130 g/mol. The zero-order chi connectivity index (χ0) is 6.97. The van der Waals surface area contributed by atoms with Gasteiger partial charge in [-0.3, -0.25) is 0 Å². The van der Waals surface area contributed by atoms with Crippen molar-refractivity contribution in [2.24, 2.45) is 0 Å². The van der Waals surface area contributed by atoms with Gasteiger partial charge in [0.1, 0.15) is 5.69 Å². The Hall–Kier alpha value is -1.58. The first kappa shape index (κ1) is 5.22. The van der Waals surface area contributed by atoms with Gasteiger partial charge in [0, 0.05) is 5.56 Å². The third-order valence-electron chi connectivity index (χ3n) is 1.35. The van der Waals surface area contributed by atoms with Crippen LogP contribution < -0.4 is 5.73 Å². The Kier molecular flexibility index (Phi) is 0.887. The van der Waals surface area contributed by atoms with E-state index in [1.807, 2.05) is 18.2 Å². The lowest BCUT2D eigenvalue weighted by Gasteiger charge is -1.94. The molecule has 0 spiro atoms. The molecule has 4 nitrogen and oxygen atoms in total. The van der Waals surface area contributed by atoms with Crippen LogP contribution >= 0.6 is 0 Å². The minimum absolute atomic E-state index is 0.384. The van der Waals surface area contributed by atoms with Crippen LogP contribution in [0.2, 0.25) is 0 Å². The standard InChI is InChI=1S/C6H5N3O/c7-6-4-2-1-3-5(4)8-10-9-6/h1-3H,(H2,7,9). The van der Waals surface area contributed by atoms with E-state index >= 15 is 0 Å². The molecule has 0 saturated heterocycles. The normalized spacial score (nSPS) is 10.4. The van der Waals surface area contributed by atoms with Gasteiger partial charge in [0.05, 0.1) is 0 Å². The summed E-state index contributed by atoms with van der Waals surface area (Å²) in [5, 5.41) is 7.11. The molecule has 1 heterocycles. The topological polar surface area (TPSA) is 64.9 Å². The first-order valence-electron chi connectivity index (χ1n) is 2.85. The third-order valence-corrected chi connectivity index (χ3v) is 1.35. The Morgan fingerprint density at radius 3 is 3.00 bits per heavy atom. The predicted molar refractivity (Wildman–Crippen MR) is 35.3 cm³/mol. The van der Waals surface area contributed by atoms with Crippen LogP contribution in [0.1, 0.15) is 0 Å². The Morgan fingerprint density at radius 2 is 2.20 bits per heavy atom. The van der Waals surface area contributed by atoms with E-state index in [2.05, 4.69) is 14.9 Å². The smallest absolute Gasteiger partial charge is 0.175 e. The second-order valence-electron chi connectivity index (χ2n) is 1.97. The van der Waals surface area contributed by atoms with E-state index in [-0.39, 0.29) is 0 Å². The second-order valence-corrected chi connectivity index (χ2v) is 1.97. The van der Waals surface area contributed by atoms with Gasteiger partial charge in [-0.1, -0.05) is 11.2 Å². The lowest BCUT2D eigenvalue weighted by molar-refractivity contribution is 0.289. The number of aromatic nitrogens is 2. The van der Waals surface area contributed by atoms with Gasteiger partial charge in [0.2, 0.25) is 0 Å². The van der Waals surface area contributed by atoms with Gasteiger partial charge in [-0.25, -0.2) is 4.63 Å². The van der Waals surface area contributed by atoms with Gasteiger partial charge >= 0.3 is 0 Å². The van der Waals surface area contributed by atoms with Crippen LogP contribution in [0.4, 0.5) is 5.82 Å². The van der Waals surface area contributed by atoms with Crippen LogP contribution in [-0.4, -0.2) is 10.3 Å². The molecule has 0 aromatic carbocycles. The molecule has 0 aromatic rings. The van der Waals surface area contributed by atoms with E-state index in [4.69, 9.17) is 5.73 Å². The Morgan fingerprint density at radius 1 is 1.30 bits per heavy atom. The van der Waals surface area contributed by atoms with Crippen molar-refractivity contribution in [3.63, 3.8) is 0 Å². The molecule has 0 atom stereocenters. The molecule has 0 bridgehead atoms. The summed E-state index contributed by atoms with van der Waals surface area (Å²) in [6, 6.07) is 5.52. The molecule has 0 aromatic heterocycles. The van der Waals surface area contributed by atoms with E-state index in [0.717, 1.165) is 11.3 Å². The van der Waals surface area contributed by atoms with E-state index in [1.54, 1.807) is 0 Å². The molecule has 50 valence electrons. The molecule has 0 fully saturated rings. The number of nitrogens with two attached hydrogens (primary N) is 1. The highest BCUT2D eigenvalue weighted by Gasteiger charge is 2.07. The summed E-state index contributed by atoms with van der Waals surface area (Å²) in [5.41, 5.74) is 7.04. The van der Waals surface area contributed by atoms with Crippen LogP contribution in [0.15, 0.2) is 22.8 Å². The largest absolute Gasteiger partial charge is 0.380 e. The molecular formula is C6H5N3O. The third kappa shape index (κ3) is 0.556. The monoisotopic (exact) mass is 135 g/mol. The second kappa shape index (κ2) is 1.70. The summed E-state index contributed by atoms with van der Waals surface area (Å²) in [6.45, 7) is 0. The number of hydrogen-bond donors (Lipinski definition) is 1. The molecule has 1 aliphatic heterocycles.